The van der Waals surface area contributed by atoms with Gasteiger partial charge in [-0.15, -0.1) is 0 Å². The molecule has 1 fully saturated rings. The minimum Gasteiger partial charge on any atom is -0.493 e. The monoisotopic (exact) mass is 292 g/mol. The van der Waals surface area contributed by atoms with Crippen LogP contribution in [0.25, 0.3) is 0 Å². The van der Waals surface area contributed by atoms with Crippen LogP contribution in [0.2, 0.25) is 0 Å². The van der Waals surface area contributed by atoms with Crippen LogP contribution in [0, 0.1) is 0 Å². The first-order valence-corrected chi connectivity index (χ1v) is 6.89. The standard InChI is InChI=1S/C15H20N2O4/c1-20-12-6-3-10(7-13(12)21-2)8-14(18)16-9-15(19)17-11-4-5-11/h3,6-7,11H,4-5,8-9H2,1-2H3,(H,16,18)(H,17,19). The Morgan fingerprint density at radius 3 is 2.48 bits per heavy atom. The summed E-state index contributed by atoms with van der Waals surface area (Å²) < 4.78 is 10.3. The van der Waals surface area contributed by atoms with Crippen LogP contribution in [0.3, 0.4) is 0 Å². The van der Waals surface area contributed by atoms with E-state index in [0.29, 0.717) is 17.5 Å². The summed E-state index contributed by atoms with van der Waals surface area (Å²) in [6.45, 7) is 0.0165. The van der Waals surface area contributed by atoms with E-state index in [1.807, 2.05) is 0 Å². The van der Waals surface area contributed by atoms with Crippen molar-refractivity contribution in [2.75, 3.05) is 20.8 Å². The lowest BCUT2D eigenvalue weighted by molar-refractivity contribution is -0.125. The molecule has 2 rings (SSSR count). The van der Waals surface area contributed by atoms with Crippen molar-refractivity contribution in [3.05, 3.63) is 23.8 Å². The molecule has 6 nitrogen and oxygen atoms in total. The SMILES string of the molecule is COc1ccc(CC(=O)NCC(=O)NC2CC2)cc1OC. The summed E-state index contributed by atoms with van der Waals surface area (Å²) in [7, 11) is 3.10. The Balaban J connectivity index is 1.82. The van der Waals surface area contributed by atoms with Gasteiger partial charge in [0.05, 0.1) is 27.2 Å². The van der Waals surface area contributed by atoms with E-state index in [1.165, 1.54) is 0 Å². The molecule has 6 heteroatoms. The molecule has 1 aromatic rings. The van der Waals surface area contributed by atoms with Crippen LogP contribution in [-0.2, 0) is 16.0 Å². The summed E-state index contributed by atoms with van der Waals surface area (Å²) in [5.74, 6) is 0.853. The molecule has 0 aliphatic heterocycles. The number of rotatable bonds is 7. The number of carbonyl (C=O) groups excluding carboxylic acids is 2. The molecule has 1 aliphatic rings. The van der Waals surface area contributed by atoms with Crippen LogP contribution >= 0.6 is 0 Å². The van der Waals surface area contributed by atoms with Gasteiger partial charge in [-0.05, 0) is 30.5 Å². The number of carbonyl (C=O) groups is 2. The highest BCUT2D eigenvalue weighted by atomic mass is 16.5. The van der Waals surface area contributed by atoms with Crippen LogP contribution < -0.4 is 20.1 Å². The normalized spacial score (nSPS) is 13.4. The zero-order valence-electron chi connectivity index (χ0n) is 12.3. The Kier molecular flexibility index (Phi) is 5.03. The Morgan fingerprint density at radius 1 is 1.14 bits per heavy atom. The maximum absolute atomic E-state index is 11.8. The van der Waals surface area contributed by atoms with Crippen molar-refractivity contribution in [3.63, 3.8) is 0 Å². The molecular weight excluding hydrogens is 272 g/mol. The van der Waals surface area contributed by atoms with Gasteiger partial charge in [0.1, 0.15) is 0 Å². The summed E-state index contributed by atoms with van der Waals surface area (Å²) in [6.07, 6.45) is 2.26. The van der Waals surface area contributed by atoms with Crippen molar-refractivity contribution >= 4 is 11.8 Å². The smallest absolute Gasteiger partial charge is 0.239 e. The summed E-state index contributed by atoms with van der Waals surface area (Å²) in [6, 6.07) is 5.61. The van der Waals surface area contributed by atoms with Crippen molar-refractivity contribution in [2.45, 2.75) is 25.3 Å². The highest BCUT2D eigenvalue weighted by Crippen LogP contribution is 2.27. The molecule has 0 unspecified atom stereocenters. The Bertz CT molecular complexity index is 526. The summed E-state index contributed by atoms with van der Waals surface area (Å²) in [5.41, 5.74) is 0.799. The van der Waals surface area contributed by atoms with E-state index in [1.54, 1.807) is 32.4 Å². The number of amides is 2. The van der Waals surface area contributed by atoms with Crippen molar-refractivity contribution in [1.29, 1.82) is 0 Å². The number of hydrogen-bond donors (Lipinski definition) is 2. The largest absolute Gasteiger partial charge is 0.493 e. The van der Waals surface area contributed by atoms with Crippen LogP contribution in [0.1, 0.15) is 18.4 Å². The van der Waals surface area contributed by atoms with E-state index in [2.05, 4.69) is 10.6 Å². The topological polar surface area (TPSA) is 76.7 Å². The molecule has 0 saturated heterocycles. The zero-order chi connectivity index (χ0) is 15.2. The Hall–Kier alpha value is -2.24. The molecule has 1 saturated carbocycles. The fraction of sp³-hybridized carbons (Fsp3) is 0.467. The maximum atomic E-state index is 11.8. The fourth-order valence-corrected chi connectivity index (χ4v) is 1.92. The predicted molar refractivity (Wildman–Crippen MR) is 77.4 cm³/mol. The van der Waals surface area contributed by atoms with Crippen LogP contribution in [0.5, 0.6) is 11.5 Å². The van der Waals surface area contributed by atoms with E-state index in [0.717, 1.165) is 18.4 Å². The maximum Gasteiger partial charge on any atom is 0.239 e. The molecule has 2 N–H and O–H groups in total. The third-order valence-electron chi connectivity index (χ3n) is 3.20. The summed E-state index contributed by atoms with van der Waals surface area (Å²) in [4.78, 5) is 23.3. The minimum atomic E-state index is -0.201. The van der Waals surface area contributed by atoms with Gasteiger partial charge in [-0.1, -0.05) is 6.07 Å². The zero-order valence-corrected chi connectivity index (χ0v) is 12.3. The van der Waals surface area contributed by atoms with Crippen LogP contribution in [0.15, 0.2) is 18.2 Å². The van der Waals surface area contributed by atoms with Gasteiger partial charge in [0, 0.05) is 6.04 Å². The first-order chi connectivity index (χ1) is 10.1. The van der Waals surface area contributed by atoms with Crippen molar-refractivity contribution < 1.29 is 19.1 Å². The van der Waals surface area contributed by atoms with Gasteiger partial charge < -0.3 is 20.1 Å². The first kappa shape index (κ1) is 15.2. The highest BCUT2D eigenvalue weighted by Gasteiger charge is 2.23. The molecule has 0 atom stereocenters. The molecule has 0 radical (unpaired) electrons. The van der Waals surface area contributed by atoms with Crippen molar-refractivity contribution in [3.8, 4) is 11.5 Å². The number of nitrogens with one attached hydrogen (secondary N) is 2. The fourth-order valence-electron chi connectivity index (χ4n) is 1.92. The molecular formula is C15H20N2O4. The van der Waals surface area contributed by atoms with Gasteiger partial charge in [0.2, 0.25) is 11.8 Å². The number of ether oxygens (including phenoxy) is 2. The van der Waals surface area contributed by atoms with Crippen molar-refractivity contribution in [2.24, 2.45) is 0 Å². The molecule has 0 bridgehead atoms. The average Bonchev–Trinajstić information content (AvgIpc) is 3.29. The number of benzene rings is 1. The van der Waals surface area contributed by atoms with Gasteiger partial charge in [0.25, 0.3) is 0 Å². The van der Waals surface area contributed by atoms with Crippen LogP contribution in [0.4, 0.5) is 0 Å². The van der Waals surface area contributed by atoms with E-state index >= 15 is 0 Å². The second kappa shape index (κ2) is 6.97. The number of hydrogen-bond acceptors (Lipinski definition) is 4. The van der Waals surface area contributed by atoms with Gasteiger partial charge in [-0.3, -0.25) is 9.59 Å². The van der Waals surface area contributed by atoms with E-state index in [9.17, 15) is 9.59 Å². The summed E-state index contributed by atoms with van der Waals surface area (Å²) in [5, 5.41) is 5.42. The molecule has 0 heterocycles. The van der Waals surface area contributed by atoms with E-state index < -0.39 is 0 Å². The third-order valence-corrected chi connectivity index (χ3v) is 3.20. The number of methoxy groups -OCH3 is 2. The second-order valence-corrected chi connectivity index (χ2v) is 4.98. The lowest BCUT2D eigenvalue weighted by Gasteiger charge is -2.10. The van der Waals surface area contributed by atoms with E-state index in [4.69, 9.17) is 9.47 Å². The highest BCUT2D eigenvalue weighted by molar-refractivity contribution is 5.86. The Morgan fingerprint density at radius 2 is 1.86 bits per heavy atom. The molecule has 21 heavy (non-hydrogen) atoms. The van der Waals surface area contributed by atoms with Crippen LogP contribution in [-0.4, -0.2) is 38.6 Å². The van der Waals surface area contributed by atoms with Gasteiger partial charge in [-0.2, -0.15) is 0 Å². The average molecular weight is 292 g/mol. The second-order valence-electron chi connectivity index (χ2n) is 4.98. The molecule has 0 spiro atoms. The molecule has 2 amide bonds. The first-order valence-electron chi connectivity index (χ1n) is 6.89. The van der Waals surface area contributed by atoms with E-state index in [-0.39, 0.29) is 24.8 Å². The quantitative estimate of drug-likeness (QED) is 0.773. The van der Waals surface area contributed by atoms with Crippen molar-refractivity contribution in [1.82, 2.24) is 10.6 Å². The lowest BCUT2D eigenvalue weighted by Crippen LogP contribution is -2.38. The lowest BCUT2D eigenvalue weighted by atomic mass is 10.1. The Labute approximate surface area is 123 Å². The molecule has 0 aromatic heterocycles. The van der Waals surface area contributed by atoms with Gasteiger partial charge in [0.15, 0.2) is 11.5 Å². The minimum absolute atomic E-state index is 0.0165. The van der Waals surface area contributed by atoms with Gasteiger partial charge >= 0.3 is 0 Å². The third kappa shape index (κ3) is 4.66. The molecule has 1 aromatic carbocycles. The molecule has 1 aliphatic carbocycles. The predicted octanol–water partition coefficient (Wildman–Crippen LogP) is 0.641. The van der Waals surface area contributed by atoms with Gasteiger partial charge in [-0.25, -0.2) is 0 Å². The summed E-state index contributed by atoms with van der Waals surface area (Å²) >= 11 is 0. The molecule has 114 valence electrons.